The minimum absolute atomic E-state index is 0.188. The minimum Gasteiger partial charge on any atom is -0.353 e. The molecule has 2 atom stereocenters. The number of rotatable bonds is 8. The lowest BCUT2D eigenvalue weighted by Gasteiger charge is -2.35. The molecule has 0 bridgehead atoms. The highest BCUT2D eigenvalue weighted by atomic mass is 32.2. The Balaban J connectivity index is 1.02. The second-order valence-corrected chi connectivity index (χ2v) is 12.4. The Labute approximate surface area is 222 Å². The average Bonchev–Trinajstić information content (AvgIpc) is 3.33. The van der Waals surface area contributed by atoms with Gasteiger partial charge >= 0.3 is 0 Å². The Kier molecular flexibility index (Phi) is 6.58. The molecule has 6 nitrogen and oxygen atoms in total. The van der Waals surface area contributed by atoms with Crippen molar-refractivity contribution in [3.8, 4) is 11.1 Å². The van der Waals surface area contributed by atoms with Gasteiger partial charge in [-0.25, -0.2) is 13.1 Å². The maximum absolute atomic E-state index is 13.0. The van der Waals surface area contributed by atoms with E-state index < -0.39 is 10.0 Å². The van der Waals surface area contributed by atoms with Crippen LogP contribution in [0.4, 0.5) is 5.82 Å². The molecule has 0 radical (unpaired) electrons. The summed E-state index contributed by atoms with van der Waals surface area (Å²) >= 11 is 1.56. The maximum atomic E-state index is 13.0. The van der Waals surface area contributed by atoms with Crippen molar-refractivity contribution in [1.29, 1.82) is 0 Å². The van der Waals surface area contributed by atoms with Crippen molar-refractivity contribution in [2.75, 3.05) is 44.2 Å². The second-order valence-electron chi connectivity index (χ2n) is 9.82. The van der Waals surface area contributed by atoms with Gasteiger partial charge in [-0.2, -0.15) is 4.37 Å². The van der Waals surface area contributed by atoms with Gasteiger partial charge in [-0.05, 0) is 46.9 Å². The van der Waals surface area contributed by atoms with Crippen molar-refractivity contribution in [2.45, 2.75) is 4.90 Å². The van der Waals surface area contributed by atoms with E-state index >= 15 is 0 Å². The molecule has 1 aromatic heterocycles. The third kappa shape index (κ3) is 5.07. The van der Waals surface area contributed by atoms with Crippen LogP contribution >= 0.6 is 11.5 Å². The number of piperazine rings is 1. The van der Waals surface area contributed by atoms with Crippen molar-refractivity contribution < 1.29 is 8.42 Å². The monoisotopic (exact) mass is 530 g/mol. The first-order chi connectivity index (χ1) is 18.0. The molecular formula is C29H30N4O2S2. The van der Waals surface area contributed by atoms with Crippen molar-refractivity contribution >= 4 is 37.5 Å². The van der Waals surface area contributed by atoms with E-state index in [1.54, 1.807) is 29.7 Å². The molecule has 6 rings (SSSR count). The lowest BCUT2D eigenvalue weighted by atomic mass is 10.1. The zero-order valence-electron chi connectivity index (χ0n) is 20.6. The number of aromatic nitrogens is 1. The Hall–Kier alpha value is -3.04. The smallest absolute Gasteiger partial charge is 0.240 e. The van der Waals surface area contributed by atoms with Gasteiger partial charge in [0.05, 0.1) is 9.60 Å². The average molecular weight is 531 g/mol. The molecule has 8 heteroatoms. The standard InChI is InChI=1S/C29H30N4O2S2/c1-21-26(19-30-37(34,35)24-11-7-10-23(18-24)22-8-3-2-4-9-22)27(21)20-32-14-16-33(17-15-32)29-25-12-5-6-13-28(25)36-31-29/h2-13,18,26-27,30H,1,14-17,19-20H2/t26-,27-/m0/s1. The first-order valence-corrected chi connectivity index (χ1v) is 14.9. The van der Waals surface area contributed by atoms with Crippen LogP contribution in [-0.4, -0.2) is 57.0 Å². The second kappa shape index (κ2) is 10.0. The van der Waals surface area contributed by atoms with Crippen LogP contribution in [-0.2, 0) is 10.0 Å². The number of nitrogens with zero attached hydrogens (tertiary/aromatic N) is 3. The van der Waals surface area contributed by atoms with Crippen LogP contribution in [0.15, 0.2) is 95.9 Å². The van der Waals surface area contributed by atoms with Crippen LogP contribution in [0.25, 0.3) is 21.2 Å². The van der Waals surface area contributed by atoms with E-state index in [1.165, 1.54) is 10.1 Å². The van der Waals surface area contributed by atoms with Crippen molar-refractivity contribution in [3.05, 3.63) is 91.0 Å². The number of fused-ring (bicyclic) bond motifs is 1. The zero-order chi connectivity index (χ0) is 25.4. The maximum Gasteiger partial charge on any atom is 0.240 e. The number of hydrogen-bond acceptors (Lipinski definition) is 6. The molecule has 3 aromatic carbocycles. The molecule has 0 spiro atoms. The molecule has 2 aliphatic rings. The van der Waals surface area contributed by atoms with Crippen LogP contribution < -0.4 is 9.62 Å². The molecule has 1 aliphatic carbocycles. The van der Waals surface area contributed by atoms with E-state index in [2.05, 4.69) is 45.4 Å². The number of sulfonamides is 1. The van der Waals surface area contributed by atoms with Gasteiger partial charge in [0, 0.05) is 56.5 Å². The molecule has 190 valence electrons. The van der Waals surface area contributed by atoms with Gasteiger partial charge in [-0.3, -0.25) is 4.90 Å². The van der Waals surface area contributed by atoms with Gasteiger partial charge < -0.3 is 4.90 Å². The summed E-state index contributed by atoms with van der Waals surface area (Å²) in [6, 6.07) is 25.4. The van der Waals surface area contributed by atoms with Gasteiger partial charge in [0.2, 0.25) is 10.0 Å². The summed E-state index contributed by atoms with van der Waals surface area (Å²) in [4.78, 5) is 5.15. The Morgan fingerprint density at radius 2 is 1.62 bits per heavy atom. The first-order valence-electron chi connectivity index (χ1n) is 12.7. The third-order valence-corrected chi connectivity index (χ3v) is 9.80. The molecule has 2 fully saturated rings. The van der Waals surface area contributed by atoms with Crippen LogP contribution in [0.1, 0.15) is 0 Å². The van der Waals surface area contributed by atoms with E-state index in [9.17, 15) is 8.42 Å². The number of benzene rings is 3. The number of nitrogens with one attached hydrogen (secondary N) is 1. The summed E-state index contributed by atoms with van der Waals surface area (Å²) in [5.41, 5.74) is 3.04. The number of anilines is 1. The SMILES string of the molecule is C=C1[C@H](CNS(=O)(=O)c2cccc(-c3ccccc3)c2)[C@H]1CN1CCN(c2nsc3ccccc23)CC1. The van der Waals surface area contributed by atoms with Crippen LogP contribution in [0.3, 0.4) is 0 Å². The highest BCUT2D eigenvalue weighted by molar-refractivity contribution is 7.89. The highest BCUT2D eigenvalue weighted by Gasteiger charge is 2.43. The summed E-state index contributed by atoms with van der Waals surface area (Å²) in [7, 11) is -3.59. The molecule has 1 N–H and O–H groups in total. The molecule has 2 heterocycles. The molecule has 1 saturated carbocycles. The normalized spacial score (nSPS) is 20.4. The topological polar surface area (TPSA) is 65.5 Å². The third-order valence-electron chi connectivity index (χ3n) is 7.56. The van der Waals surface area contributed by atoms with Gasteiger partial charge in [-0.15, -0.1) is 0 Å². The summed E-state index contributed by atoms with van der Waals surface area (Å²) in [6.45, 7) is 9.40. The lowest BCUT2D eigenvalue weighted by Crippen LogP contribution is -2.47. The summed E-state index contributed by atoms with van der Waals surface area (Å²) in [5, 5.41) is 1.23. The van der Waals surface area contributed by atoms with Crippen LogP contribution in [0.2, 0.25) is 0 Å². The number of hydrogen-bond donors (Lipinski definition) is 1. The summed E-state index contributed by atoms with van der Waals surface area (Å²) in [6.07, 6.45) is 0. The molecule has 1 aliphatic heterocycles. The van der Waals surface area contributed by atoms with Gasteiger partial charge in [-0.1, -0.05) is 66.7 Å². The fourth-order valence-electron chi connectivity index (χ4n) is 5.24. The minimum atomic E-state index is -3.59. The van der Waals surface area contributed by atoms with E-state index in [-0.39, 0.29) is 5.92 Å². The molecule has 0 amide bonds. The lowest BCUT2D eigenvalue weighted by molar-refractivity contribution is 0.245. The predicted molar refractivity (Wildman–Crippen MR) is 151 cm³/mol. The summed E-state index contributed by atoms with van der Waals surface area (Å²) in [5.74, 6) is 1.62. The van der Waals surface area contributed by atoms with Gasteiger partial charge in [0.25, 0.3) is 0 Å². The Morgan fingerprint density at radius 3 is 2.43 bits per heavy atom. The van der Waals surface area contributed by atoms with E-state index in [0.29, 0.717) is 17.4 Å². The molecule has 0 unspecified atom stereocenters. The van der Waals surface area contributed by atoms with Crippen molar-refractivity contribution in [3.63, 3.8) is 0 Å². The largest absolute Gasteiger partial charge is 0.353 e. The summed E-state index contributed by atoms with van der Waals surface area (Å²) < 4.78 is 34.8. The quantitative estimate of drug-likeness (QED) is 0.330. The zero-order valence-corrected chi connectivity index (χ0v) is 22.2. The van der Waals surface area contributed by atoms with Crippen molar-refractivity contribution in [2.24, 2.45) is 11.8 Å². The van der Waals surface area contributed by atoms with Crippen LogP contribution in [0.5, 0.6) is 0 Å². The van der Waals surface area contributed by atoms with Gasteiger partial charge in [0.15, 0.2) is 0 Å². The molecule has 4 aromatic rings. The Morgan fingerprint density at radius 1 is 0.892 bits per heavy atom. The highest BCUT2D eigenvalue weighted by Crippen LogP contribution is 2.44. The predicted octanol–water partition coefficient (Wildman–Crippen LogP) is 4.87. The fourth-order valence-corrected chi connectivity index (χ4v) is 7.14. The molecule has 37 heavy (non-hydrogen) atoms. The molecule has 1 saturated heterocycles. The van der Waals surface area contributed by atoms with Gasteiger partial charge in [0.1, 0.15) is 5.82 Å². The first kappa shape index (κ1) is 24.3. The van der Waals surface area contributed by atoms with E-state index in [1.807, 2.05) is 36.4 Å². The van der Waals surface area contributed by atoms with Crippen molar-refractivity contribution in [1.82, 2.24) is 14.0 Å². The fraction of sp³-hybridized carbons (Fsp3) is 0.276. The molecular weight excluding hydrogens is 500 g/mol. The Bertz CT molecular complexity index is 1530. The van der Waals surface area contributed by atoms with Crippen LogP contribution in [0, 0.1) is 11.8 Å². The van der Waals surface area contributed by atoms with E-state index in [4.69, 9.17) is 4.37 Å². The van der Waals surface area contributed by atoms with E-state index in [0.717, 1.165) is 55.2 Å².